The van der Waals surface area contributed by atoms with Gasteiger partial charge in [-0.2, -0.15) is 5.10 Å². The maximum Gasteiger partial charge on any atom is 0.410 e. The van der Waals surface area contributed by atoms with E-state index in [9.17, 15) is 4.79 Å². The number of halogens is 1. The molecule has 2 heterocycles. The number of nitrogens with zero attached hydrogens (tertiary/aromatic N) is 4. The van der Waals surface area contributed by atoms with Crippen molar-refractivity contribution in [1.29, 1.82) is 0 Å². The highest BCUT2D eigenvalue weighted by Gasteiger charge is 2.51. The molecule has 2 aliphatic rings. The number of rotatable bonds is 2. The SMILES string of the molecule is Cc1cc2c(cc1Cl)C1(CCN(C(=O)OC(C)(C)C)CC1)C[C@@H]2C(C)(C)c1ncnn1C. The summed E-state index contributed by atoms with van der Waals surface area (Å²) in [7, 11) is 1.96. The molecule has 1 aliphatic heterocycles. The van der Waals surface area contributed by atoms with Crippen molar-refractivity contribution >= 4 is 17.7 Å². The predicted molar refractivity (Wildman–Crippen MR) is 126 cm³/mol. The number of aryl methyl sites for hydroxylation is 2. The number of aromatic nitrogens is 3. The van der Waals surface area contributed by atoms with Gasteiger partial charge in [-0.15, -0.1) is 0 Å². The third-order valence-corrected chi connectivity index (χ3v) is 7.81. The molecule has 1 saturated heterocycles. The number of carbonyl (C=O) groups excluding carboxylic acids is 1. The fourth-order valence-corrected chi connectivity index (χ4v) is 5.82. The van der Waals surface area contributed by atoms with E-state index < -0.39 is 5.60 Å². The lowest BCUT2D eigenvalue weighted by molar-refractivity contribution is 0.0159. The van der Waals surface area contributed by atoms with E-state index in [0.29, 0.717) is 19.0 Å². The van der Waals surface area contributed by atoms with E-state index in [1.807, 2.05) is 37.4 Å². The fraction of sp³-hybridized carbons (Fsp3) is 0.640. The average molecular weight is 459 g/mol. The molecule has 1 atom stereocenters. The number of hydrogen-bond acceptors (Lipinski definition) is 4. The van der Waals surface area contributed by atoms with Gasteiger partial charge in [0.2, 0.25) is 0 Å². The second-order valence-corrected chi connectivity index (χ2v) is 11.5. The van der Waals surface area contributed by atoms with Gasteiger partial charge in [-0.3, -0.25) is 4.68 Å². The first-order valence-electron chi connectivity index (χ1n) is 11.5. The van der Waals surface area contributed by atoms with E-state index >= 15 is 0 Å². The van der Waals surface area contributed by atoms with Gasteiger partial charge in [-0.05, 0) is 81.0 Å². The van der Waals surface area contributed by atoms with Gasteiger partial charge in [0.05, 0.1) is 0 Å². The van der Waals surface area contributed by atoms with Crippen LogP contribution in [0.1, 0.15) is 82.3 Å². The minimum atomic E-state index is -0.484. The molecule has 6 nitrogen and oxygen atoms in total. The molecular weight excluding hydrogens is 424 g/mol. The van der Waals surface area contributed by atoms with Crippen molar-refractivity contribution in [2.75, 3.05) is 13.1 Å². The second kappa shape index (κ2) is 7.75. The number of fused-ring (bicyclic) bond motifs is 2. The Hall–Kier alpha value is -2.08. The minimum absolute atomic E-state index is 0.00567. The van der Waals surface area contributed by atoms with E-state index in [0.717, 1.165) is 35.7 Å². The van der Waals surface area contributed by atoms with Crippen LogP contribution in [0, 0.1) is 6.92 Å². The molecule has 0 unspecified atom stereocenters. The Morgan fingerprint density at radius 1 is 1.19 bits per heavy atom. The first-order chi connectivity index (χ1) is 14.8. The van der Waals surface area contributed by atoms with Gasteiger partial charge in [-0.25, -0.2) is 9.78 Å². The van der Waals surface area contributed by atoms with E-state index in [4.69, 9.17) is 16.3 Å². The highest BCUT2D eigenvalue weighted by Crippen LogP contribution is 2.58. The van der Waals surface area contributed by atoms with Gasteiger partial charge in [-0.1, -0.05) is 31.5 Å². The smallest absolute Gasteiger partial charge is 0.410 e. The van der Waals surface area contributed by atoms with Crippen LogP contribution in [0.25, 0.3) is 0 Å². The second-order valence-electron chi connectivity index (χ2n) is 11.1. The number of likely N-dealkylation sites (tertiary alicyclic amines) is 1. The third kappa shape index (κ3) is 3.91. The van der Waals surface area contributed by atoms with Gasteiger partial charge < -0.3 is 9.64 Å². The maximum absolute atomic E-state index is 12.6. The Kier molecular flexibility index (Phi) is 5.60. The van der Waals surface area contributed by atoms with Crippen LogP contribution < -0.4 is 0 Å². The average Bonchev–Trinajstić information content (AvgIpc) is 3.25. The maximum atomic E-state index is 12.6. The van der Waals surface area contributed by atoms with Crippen LogP contribution in [0.3, 0.4) is 0 Å². The van der Waals surface area contributed by atoms with Gasteiger partial charge in [0, 0.05) is 30.6 Å². The van der Waals surface area contributed by atoms with Crippen LogP contribution in [0.2, 0.25) is 5.02 Å². The topological polar surface area (TPSA) is 60.3 Å². The Bertz CT molecular complexity index is 1030. The monoisotopic (exact) mass is 458 g/mol. The van der Waals surface area contributed by atoms with Crippen molar-refractivity contribution in [3.8, 4) is 0 Å². The zero-order valence-corrected chi connectivity index (χ0v) is 21.1. The molecule has 1 aromatic carbocycles. The predicted octanol–water partition coefficient (Wildman–Crippen LogP) is 5.51. The molecule has 0 N–H and O–H groups in total. The molecule has 1 aliphatic carbocycles. The van der Waals surface area contributed by atoms with Gasteiger partial charge in [0.1, 0.15) is 17.8 Å². The highest BCUT2D eigenvalue weighted by atomic mass is 35.5. The molecule has 1 fully saturated rings. The van der Waals surface area contributed by atoms with Crippen LogP contribution in [-0.2, 0) is 22.6 Å². The third-order valence-electron chi connectivity index (χ3n) is 7.40. The highest BCUT2D eigenvalue weighted by molar-refractivity contribution is 6.31. The van der Waals surface area contributed by atoms with Gasteiger partial charge >= 0.3 is 6.09 Å². The largest absolute Gasteiger partial charge is 0.444 e. The molecule has 1 aromatic heterocycles. The lowest BCUT2D eigenvalue weighted by Gasteiger charge is -2.41. The quantitative estimate of drug-likeness (QED) is 0.595. The number of amides is 1. The summed E-state index contributed by atoms with van der Waals surface area (Å²) in [5, 5.41) is 5.15. The molecule has 0 radical (unpaired) electrons. The Morgan fingerprint density at radius 3 is 2.41 bits per heavy atom. The van der Waals surface area contributed by atoms with Crippen LogP contribution in [0.5, 0.6) is 0 Å². The summed E-state index contributed by atoms with van der Waals surface area (Å²) in [5.41, 5.74) is 3.15. The van der Waals surface area contributed by atoms with Crippen molar-refractivity contribution in [3.05, 3.63) is 46.0 Å². The Labute approximate surface area is 196 Å². The van der Waals surface area contributed by atoms with E-state index in [1.54, 1.807) is 6.33 Å². The molecule has 1 amide bonds. The molecule has 174 valence electrons. The summed E-state index contributed by atoms with van der Waals surface area (Å²) >= 11 is 6.62. The summed E-state index contributed by atoms with van der Waals surface area (Å²) in [5.74, 6) is 1.29. The van der Waals surface area contributed by atoms with Crippen molar-refractivity contribution in [2.24, 2.45) is 7.05 Å². The molecule has 4 rings (SSSR count). The first kappa shape index (κ1) is 23.1. The van der Waals surface area contributed by atoms with Crippen LogP contribution in [0.15, 0.2) is 18.5 Å². The molecule has 0 saturated carbocycles. The zero-order valence-electron chi connectivity index (χ0n) is 20.3. The lowest BCUT2D eigenvalue weighted by atomic mass is 9.69. The number of carbonyl (C=O) groups is 1. The van der Waals surface area contributed by atoms with Crippen LogP contribution in [0.4, 0.5) is 4.79 Å². The number of piperidine rings is 1. The number of benzene rings is 1. The summed E-state index contributed by atoms with van der Waals surface area (Å²) in [6, 6.07) is 4.46. The van der Waals surface area contributed by atoms with Crippen molar-refractivity contribution in [3.63, 3.8) is 0 Å². The number of hydrogen-bond donors (Lipinski definition) is 0. The summed E-state index contributed by atoms with van der Waals surface area (Å²) in [6.07, 6.45) is 4.25. The zero-order chi connectivity index (χ0) is 23.5. The summed E-state index contributed by atoms with van der Waals surface area (Å²) in [4.78, 5) is 19.1. The normalized spacial score (nSPS) is 20.5. The van der Waals surface area contributed by atoms with Crippen molar-refractivity contribution in [2.45, 2.75) is 83.2 Å². The molecule has 1 spiro atoms. The molecular formula is C25H35ClN4O2. The van der Waals surface area contributed by atoms with E-state index in [2.05, 4.69) is 43.0 Å². The van der Waals surface area contributed by atoms with Crippen molar-refractivity contribution < 1.29 is 9.53 Å². The number of ether oxygens (including phenoxy) is 1. The summed E-state index contributed by atoms with van der Waals surface area (Å²) in [6.45, 7) is 13.7. The summed E-state index contributed by atoms with van der Waals surface area (Å²) < 4.78 is 7.51. The Balaban J connectivity index is 1.67. The van der Waals surface area contributed by atoms with Crippen LogP contribution >= 0.6 is 11.6 Å². The van der Waals surface area contributed by atoms with Gasteiger partial charge in [0.25, 0.3) is 0 Å². The van der Waals surface area contributed by atoms with E-state index in [1.165, 1.54) is 11.1 Å². The Morgan fingerprint density at radius 2 is 1.84 bits per heavy atom. The standard InChI is InChI=1S/C25H35ClN4O2/c1-16-12-17-18(13-20(16)26)25(8-10-30(11-9-25)22(31)32-23(2,3)4)14-19(17)24(5,6)21-27-15-28-29(21)7/h12-13,15,19H,8-11,14H2,1-7H3/t19-/m0/s1. The lowest BCUT2D eigenvalue weighted by Crippen LogP contribution is -2.46. The first-order valence-corrected chi connectivity index (χ1v) is 11.8. The molecule has 32 heavy (non-hydrogen) atoms. The van der Waals surface area contributed by atoms with E-state index in [-0.39, 0.29) is 16.9 Å². The fourth-order valence-electron chi connectivity index (χ4n) is 5.66. The van der Waals surface area contributed by atoms with Gasteiger partial charge in [0.15, 0.2) is 0 Å². The molecule has 2 aromatic rings. The molecule has 0 bridgehead atoms. The minimum Gasteiger partial charge on any atom is -0.444 e. The van der Waals surface area contributed by atoms with Crippen molar-refractivity contribution in [1.82, 2.24) is 19.7 Å². The van der Waals surface area contributed by atoms with Crippen LogP contribution in [-0.4, -0.2) is 44.4 Å². The molecule has 7 heteroatoms.